The smallest absolute Gasteiger partial charge is 0.248 e. The largest absolute Gasteiger partial charge is 0.369 e. The van der Waals surface area contributed by atoms with Gasteiger partial charge in [-0.05, 0) is 34.1 Å². The number of ether oxygens (including phenoxy) is 1. The van der Waals surface area contributed by atoms with Crippen molar-refractivity contribution in [1.29, 1.82) is 0 Å². The predicted octanol–water partition coefficient (Wildman–Crippen LogP) is 2.23. The van der Waals surface area contributed by atoms with Gasteiger partial charge in [-0.1, -0.05) is 0 Å². The highest BCUT2D eigenvalue weighted by Crippen LogP contribution is 2.17. The van der Waals surface area contributed by atoms with E-state index < -0.39 is 0 Å². The maximum Gasteiger partial charge on any atom is 0.248 e. The number of hydrogen-bond donors (Lipinski definition) is 1. The molecule has 0 spiro atoms. The highest BCUT2D eigenvalue weighted by atomic mass is 32.1. The Kier molecular flexibility index (Phi) is 6.29. The molecule has 1 atom stereocenters. The van der Waals surface area contributed by atoms with Crippen molar-refractivity contribution in [3.05, 3.63) is 15.6 Å². The summed E-state index contributed by atoms with van der Waals surface area (Å²) in [7, 11) is 0. The van der Waals surface area contributed by atoms with Gasteiger partial charge in [-0.15, -0.1) is 11.3 Å². The van der Waals surface area contributed by atoms with E-state index in [-0.39, 0.29) is 12.0 Å². The average Bonchev–Trinajstić information content (AvgIpc) is 2.64. The fraction of sp³-hybridized carbons (Fsp3) is 0.692. The molecule has 5 heteroatoms. The summed E-state index contributed by atoms with van der Waals surface area (Å²) in [5, 5.41) is 4.02. The lowest BCUT2D eigenvalue weighted by Crippen LogP contribution is -2.35. The van der Waals surface area contributed by atoms with Crippen molar-refractivity contribution in [1.82, 2.24) is 10.3 Å². The van der Waals surface area contributed by atoms with Crippen LogP contribution in [0.15, 0.2) is 0 Å². The van der Waals surface area contributed by atoms with Crippen molar-refractivity contribution in [3.8, 4) is 0 Å². The van der Waals surface area contributed by atoms with Gasteiger partial charge < -0.3 is 10.1 Å². The summed E-state index contributed by atoms with van der Waals surface area (Å²) in [6, 6.07) is 0. The van der Waals surface area contributed by atoms with Crippen LogP contribution in [-0.2, 0) is 16.0 Å². The van der Waals surface area contributed by atoms with Crippen LogP contribution in [0.4, 0.5) is 0 Å². The van der Waals surface area contributed by atoms with E-state index in [0.29, 0.717) is 13.2 Å². The average molecular weight is 270 g/mol. The van der Waals surface area contributed by atoms with Gasteiger partial charge in [0, 0.05) is 24.4 Å². The number of carbonyl (C=O) groups is 1. The molecule has 1 aromatic rings. The highest BCUT2D eigenvalue weighted by molar-refractivity contribution is 7.11. The molecule has 1 amide bonds. The van der Waals surface area contributed by atoms with Gasteiger partial charge in [-0.25, -0.2) is 4.98 Å². The summed E-state index contributed by atoms with van der Waals surface area (Å²) in [4.78, 5) is 17.3. The minimum absolute atomic E-state index is 0.0386. The van der Waals surface area contributed by atoms with Crippen molar-refractivity contribution in [2.75, 3.05) is 13.2 Å². The molecule has 1 unspecified atom stereocenters. The van der Waals surface area contributed by atoms with Crippen LogP contribution in [0.25, 0.3) is 0 Å². The number of nitrogens with one attached hydrogen (secondary N) is 1. The number of hydrogen-bond acceptors (Lipinski definition) is 4. The lowest BCUT2D eigenvalue weighted by Gasteiger charge is -2.11. The predicted molar refractivity (Wildman–Crippen MR) is 74.0 cm³/mol. The van der Waals surface area contributed by atoms with E-state index in [1.165, 1.54) is 4.88 Å². The molecule has 1 rings (SSSR count). The molecule has 4 nitrogen and oxygen atoms in total. The number of nitrogens with zero attached hydrogens (tertiary/aromatic N) is 1. The summed E-state index contributed by atoms with van der Waals surface area (Å²) >= 11 is 1.74. The molecule has 0 aliphatic rings. The first-order valence-corrected chi connectivity index (χ1v) is 7.18. The minimum Gasteiger partial charge on any atom is -0.369 e. The Hall–Kier alpha value is -0.940. The Morgan fingerprint density at radius 3 is 2.78 bits per heavy atom. The number of amides is 1. The van der Waals surface area contributed by atoms with E-state index in [0.717, 1.165) is 23.5 Å². The summed E-state index contributed by atoms with van der Waals surface area (Å²) in [5.74, 6) is -0.0386. The van der Waals surface area contributed by atoms with Gasteiger partial charge in [0.15, 0.2) is 0 Å². The molecule has 0 saturated carbocycles. The van der Waals surface area contributed by atoms with E-state index in [9.17, 15) is 4.79 Å². The van der Waals surface area contributed by atoms with Crippen LogP contribution in [0.1, 0.15) is 35.8 Å². The van der Waals surface area contributed by atoms with E-state index in [1.807, 2.05) is 13.8 Å². The lowest BCUT2D eigenvalue weighted by molar-refractivity contribution is -0.131. The first-order valence-electron chi connectivity index (χ1n) is 6.36. The van der Waals surface area contributed by atoms with Crippen LogP contribution in [-0.4, -0.2) is 30.1 Å². The van der Waals surface area contributed by atoms with Gasteiger partial charge in [0.1, 0.15) is 6.10 Å². The van der Waals surface area contributed by atoms with Crippen molar-refractivity contribution in [3.63, 3.8) is 0 Å². The van der Waals surface area contributed by atoms with Crippen LogP contribution >= 0.6 is 11.3 Å². The molecule has 0 fully saturated rings. The van der Waals surface area contributed by atoms with Crippen LogP contribution in [0.5, 0.6) is 0 Å². The Balaban J connectivity index is 2.20. The van der Waals surface area contributed by atoms with Crippen LogP contribution in [0.2, 0.25) is 0 Å². The molecule has 18 heavy (non-hydrogen) atoms. The maximum absolute atomic E-state index is 11.6. The number of carbonyl (C=O) groups excluding carboxylic acids is 1. The highest BCUT2D eigenvalue weighted by Gasteiger charge is 2.11. The molecule has 0 aliphatic heterocycles. The van der Waals surface area contributed by atoms with Crippen molar-refractivity contribution >= 4 is 17.2 Å². The standard InChI is InChI=1S/C13H22N2O2S/c1-5-17-10(3)13(16)14-8-6-7-12-15-9(2)11(4)18-12/h10H,5-8H2,1-4H3,(H,14,16). The Labute approximate surface area is 113 Å². The van der Waals surface area contributed by atoms with Gasteiger partial charge in [-0.3, -0.25) is 4.79 Å². The zero-order valence-corrected chi connectivity index (χ0v) is 12.4. The lowest BCUT2D eigenvalue weighted by atomic mass is 10.3. The molecule has 102 valence electrons. The van der Waals surface area contributed by atoms with Crippen molar-refractivity contribution in [2.24, 2.45) is 0 Å². The van der Waals surface area contributed by atoms with Gasteiger partial charge in [-0.2, -0.15) is 0 Å². The fourth-order valence-corrected chi connectivity index (χ4v) is 2.54. The van der Waals surface area contributed by atoms with Gasteiger partial charge >= 0.3 is 0 Å². The molecule has 1 heterocycles. The third-order valence-corrected chi connectivity index (χ3v) is 3.86. The summed E-state index contributed by atoms with van der Waals surface area (Å²) in [6.45, 7) is 9.01. The van der Waals surface area contributed by atoms with Crippen molar-refractivity contribution < 1.29 is 9.53 Å². The second-order valence-electron chi connectivity index (χ2n) is 4.24. The molecule has 0 bridgehead atoms. The number of rotatable bonds is 7. The van der Waals surface area contributed by atoms with E-state index in [4.69, 9.17) is 4.74 Å². The number of thiazole rings is 1. The topological polar surface area (TPSA) is 51.2 Å². The van der Waals surface area contributed by atoms with E-state index in [2.05, 4.69) is 17.2 Å². The Bertz CT molecular complexity index is 371. The molecule has 0 radical (unpaired) electrons. The third-order valence-electron chi connectivity index (χ3n) is 2.73. The van der Waals surface area contributed by atoms with Gasteiger partial charge in [0.2, 0.25) is 5.91 Å². The third kappa shape index (κ3) is 4.74. The second kappa shape index (κ2) is 7.48. The summed E-state index contributed by atoms with van der Waals surface area (Å²) < 4.78 is 5.22. The molecular formula is C13H22N2O2S. The molecule has 1 N–H and O–H groups in total. The molecular weight excluding hydrogens is 248 g/mol. The Morgan fingerprint density at radius 1 is 1.50 bits per heavy atom. The second-order valence-corrected chi connectivity index (χ2v) is 5.53. The summed E-state index contributed by atoms with van der Waals surface area (Å²) in [6.07, 6.45) is 1.47. The minimum atomic E-state index is -0.362. The molecule has 1 aromatic heterocycles. The van der Waals surface area contributed by atoms with Crippen molar-refractivity contribution in [2.45, 2.75) is 46.6 Å². The Morgan fingerprint density at radius 2 is 2.22 bits per heavy atom. The van der Waals surface area contributed by atoms with Gasteiger partial charge in [0.05, 0.1) is 10.7 Å². The fourth-order valence-electron chi connectivity index (χ4n) is 1.57. The van der Waals surface area contributed by atoms with E-state index in [1.54, 1.807) is 18.3 Å². The van der Waals surface area contributed by atoms with Crippen LogP contribution < -0.4 is 5.32 Å². The SMILES string of the molecule is CCOC(C)C(=O)NCCCc1nc(C)c(C)s1. The number of aryl methyl sites for hydroxylation is 3. The molecule has 0 aliphatic carbocycles. The van der Waals surface area contributed by atoms with Crippen LogP contribution in [0, 0.1) is 13.8 Å². The molecule has 0 aromatic carbocycles. The molecule has 0 saturated heterocycles. The first kappa shape index (κ1) is 15.1. The zero-order chi connectivity index (χ0) is 13.5. The van der Waals surface area contributed by atoms with Crippen LogP contribution in [0.3, 0.4) is 0 Å². The van der Waals surface area contributed by atoms with Gasteiger partial charge in [0.25, 0.3) is 0 Å². The normalized spacial score (nSPS) is 12.4. The quantitative estimate of drug-likeness (QED) is 0.773. The maximum atomic E-state index is 11.6. The first-order chi connectivity index (χ1) is 8.54. The monoisotopic (exact) mass is 270 g/mol. The summed E-state index contributed by atoms with van der Waals surface area (Å²) in [5.41, 5.74) is 1.11. The zero-order valence-electron chi connectivity index (χ0n) is 11.6. The number of aromatic nitrogens is 1. The van der Waals surface area contributed by atoms with E-state index >= 15 is 0 Å².